The maximum atomic E-state index is 13.5. The Morgan fingerprint density at radius 1 is 1.13 bits per heavy atom. The van der Waals surface area contributed by atoms with Gasteiger partial charge in [0.05, 0.1) is 17.8 Å². The van der Waals surface area contributed by atoms with Gasteiger partial charge in [0, 0.05) is 30.4 Å². The van der Waals surface area contributed by atoms with Gasteiger partial charge in [-0.25, -0.2) is 14.8 Å². The number of alkyl carbamates (subject to hydrolysis) is 1. The Morgan fingerprint density at radius 3 is 2.31 bits per heavy atom. The lowest BCUT2D eigenvalue weighted by molar-refractivity contribution is -0.138. The first-order valence-electron chi connectivity index (χ1n) is 14.2. The van der Waals surface area contributed by atoms with Crippen LogP contribution in [0.2, 0.25) is 0 Å². The summed E-state index contributed by atoms with van der Waals surface area (Å²) in [5.41, 5.74) is -0.736. The van der Waals surface area contributed by atoms with E-state index in [0.717, 1.165) is 37.6 Å². The van der Waals surface area contributed by atoms with Crippen molar-refractivity contribution in [2.45, 2.75) is 123 Å². The molecular formula is C28H47BN4O6. The van der Waals surface area contributed by atoms with Gasteiger partial charge in [-0.1, -0.05) is 13.8 Å². The molecule has 2 aliphatic rings. The molecule has 0 aliphatic carbocycles. The summed E-state index contributed by atoms with van der Waals surface area (Å²) >= 11 is 0. The maximum Gasteiger partial charge on any atom is 0.498 e. The molecule has 2 fully saturated rings. The molecular weight excluding hydrogens is 499 g/mol. The Bertz CT molecular complexity index is 963. The van der Waals surface area contributed by atoms with Crippen LogP contribution in [0.3, 0.4) is 0 Å². The third kappa shape index (κ3) is 8.30. The van der Waals surface area contributed by atoms with Crippen LogP contribution in [-0.4, -0.2) is 76.0 Å². The van der Waals surface area contributed by atoms with Crippen molar-refractivity contribution in [3.63, 3.8) is 0 Å². The molecule has 1 aromatic rings. The minimum absolute atomic E-state index is 0.0527. The molecule has 0 spiro atoms. The van der Waals surface area contributed by atoms with E-state index in [2.05, 4.69) is 15.3 Å². The standard InChI is InChI=1S/C28H47BN4O6/c1-19(2)22(32-25(35)37-26(3,4)5)23(34)33-15-11-10-13-21(33)14-12-16-36-24-30-17-20(18-31-24)29-38-27(6,7)28(8,9)39-29/h17-19,21-22H,10-16H2,1-9H3,(H,32,35)/t21-,22+/m0/s1. The third-order valence-corrected chi connectivity index (χ3v) is 7.60. The summed E-state index contributed by atoms with van der Waals surface area (Å²) in [7, 11) is -0.515. The third-order valence-electron chi connectivity index (χ3n) is 7.60. The maximum absolute atomic E-state index is 13.5. The lowest BCUT2D eigenvalue weighted by atomic mass is 9.81. The zero-order valence-electron chi connectivity index (χ0n) is 25.2. The van der Waals surface area contributed by atoms with E-state index in [4.69, 9.17) is 18.8 Å². The number of ether oxygens (including phenoxy) is 2. The predicted molar refractivity (Wildman–Crippen MR) is 150 cm³/mol. The molecule has 11 heteroatoms. The van der Waals surface area contributed by atoms with Crippen LogP contribution in [0, 0.1) is 5.92 Å². The Hall–Kier alpha value is -2.40. The molecule has 1 N–H and O–H groups in total. The largest absolute Gasteiger partial charge is 0.498 e. The Morgan fingerprint density at radius 2 is 1.74 bits per heavy atom. The Balaban J connectivity index is 1.51. The lowest BCUT2D eigenvalue weighted by Crippen LogP contribution is -2.55. The molecule has 0 radical (unpaired) electrons. The fourth-order valence-electron chi connectivity index (χ4n) is 4.70. The quantitative estimate of drug-likeness (QED) is 0.367. The second-order valence-electron chi connectivity index (χ2n) is 12.9. The molecule has 10 nitrogen and oxygen atoms in total. The van der Waals surface area contributed by atoms with Crippen LogP contribution < -0.4 is 15.5 Å². The molecule has 0 saturated carbocycles. The van der Waals surface area contributed by atoms with Gasteiger partial charge in [0.1, 0.15) is 11.6 Å². The normalized spacial score (nSPS) is 21.5. The number of nitrogens with one attached hydrogen (secondary N) is 1. The van der Waals surface area contributed by atoms with Gasteiger partial charge < -0.3 is 29.0 Å². The first-order chi connectivity index (χ1) is 18.1. The highest BCUT2D eigenvalue weighted by Crippen LogP contribution is 2.36. The Kier molecular flexibility index (Phi) is 9.91. The van der Waals surface area contributed by atoms with Gasteiger partial charge in [0.15, 0.2) is 0 Å². The highest BCUT2D eigenvalue weighted by Gasteiger charge is 2.52. The van der Waals surface area contributed by atoms with Crippen LogP contribution in [-0.2, 0) is 18.8 Å². The van der Waals surface area contributed by atoms with Crippen molar-refractivity contribution in [2.24, 2.45) is 5.92 Å². The summed E-state index contributed by atoms with van der Waals surface area (Å²) in [5.74, 6) is -0.115. The number of aromatic nitrogens is 2. The molecule has 2 amide bonds. The number of likely N-dealkylation sites (tertiary alicyclic amines) is 1. The SMILES string of the molecule is CC(C)[C@@H](NC(=O)OC(C)(C)C)C(=O)N1CCCC[C@H]1CCCOc1ncc(B2OC(C)(C)C(C)(C)O2)cn1. The van der Waals surface area contributed by atoms with Crippen molar-refractivity contribution in [1.29, 1.82) is 0 Å². The van der Waals surface area contributed by atoms with Gasteiger partial charge >= 0.3 is 19.2 Å². The first kappa shape index (κ1) is 31.1. The topological polar surface area (TPSA) is 112 Å². The van der Waals surface area contributed by atoms with Crippen molar-refractivity contribution < 1.29 is 28.4 Å². The van der Waals surface area contributed by atoms with E-state index < -0.39 is 36.1 Å². The number of amides is 2. The van der Waals surface area contributed by atoms with Crippen LogP contribution >= 0.6 is 0 Å². The molecule has 2 saturated heterocycles. The first-order valence-corrected chi connectivity index (χ1v) is 14.2. The molecule has 2 atom stereocenters. The summed E-state index contributed by atoms with van der Waals surface area (Å²) in [6.07, 6.45) is 7.30. The minimum atomic E-state index is -0.632. The molecule has 218 valence electrons. The molecule has 0 bridgehead atoms. The van der Waals surface area contributed by atoms with Gasteiger partial charge in [0.25, 0.3) is 0 Å². The van der Waals surface area contributed by atoms with Gasteiger partial charge in [-0.05, 0) is 86.5 Å². The number of piperidine rings is 1. The monoisotopic (exact) mass is 546 g/mol. The summed E-state index contributed by atoms with van der Waals surface area (Å²) in [4.78, 5) is 36.5. The number of rotatable bonds is 9. The van der Waals surface area contributed by atoms with Gasteiger partial charge in [-0.2, -0.15) is 0 Å². The number of hydrogen-bond donors (Lipinski definition) is 1. The van der Waals surface area contributed by atoms with Crippen LogP contribution in [0.25, 0.3) is 0 Å². The number of hydrogen-bond acceptors (Lipinski definition) is 8. The van der Waals surface area contributed by atoms with Crippen molar-refractivity contribution >= 4 is 24.6 Å². The van der Waals surface area contributed by atoms with E-state index in [9.17, 15) is 9.59 Å². The molecule has 3 heterocycles. The predicted octanol–water partition coefficient (Wildman–Crippen LogP) is 3.87. The molecule has 3 rings (SSSR count). The van der Waals surface area contributed by atoms with Crippen LogP contribution in [0.1, 0.15) is 94.4 Å². The van der Waals surface area contributed by atoms with E-state index >= 15 is 0 Å². The van der Waals surface area contributed by atoms with Gasteiger partial charge in [-0.15, -0.1) is 0 Å². The second kappa shape index (κ2) is 12.4. The lowest BCUT2D eigenvalue weighted by Gasteiger charge is -2.39. The molecule has 0 unspecified atom stereocenters. The summed E-state index contributed by atoms with van der Waals surface area (Å²) < 4.78 is 23.3. The summed E-state index contributed by atoms with van der Waals surface area (Å²) in [5, 5.41) is 2.80. The van der Waals surface area contributed by atoms with Crippen molar-refractivity contribution in [3.8, 4) is 6.01 Å². The van der Waals surface area contributed by atoms with E-state index in [1.807, 2.05) is 46.4 Å². The molecule has 1 aromatic heterocycles. The van der Waals surface area contributed by atoms with E-state index in [1.54, 1.807) is 33.2 Å². The molecule has 0 aromatic carbocycles. The number of carbonyl (C=O) groups is 2. The van der Waals surface area contributed by atoms with Crippen LogP contribution in [0.5, 0.6) is 6.01 Å². The van der Waals surface area contributed by atoms with E-state index in [1.165, 1.54) is 0 Å². The van der Waals surface area contributed by atoms with E-state index in [-0.39, 0.29) is 17.9 Å². The smallest absolute Gasteiger partial charge is 0.463 e. The minimum Gasteiger partial charge on any atom is -0.463 e. The second-order valence-corrected chi connectivity index (χ2v) is 12.9. The highest BCUT2D eigenvalue weighted by atomic mass is 16.7. The average Bonchev–Trinajstić information content (AvgIpc) is 3.06. The van der Waals surface area contributed by atoms with Crippen LogP contribution in [0.15, 0.2) is 12.4 Å². The van der Waals surface area contributed by atoms with Gasteiger partial charge in [0.2, 0.25) is 5.91 Å². The zero-order valence-corrected chi connectivity index (χ0v) is 25.2. The fraction of sp³-hybridized carbons (Fsp3) is 0.786. The van der Waals surface area contributed by atoms with Crippen molar-refractivity contribution in [1.82, 2.24) is 20.2 Å². The van der Waals surface area contributed by atoms with Crippen molar-refractivity contribution in [2.75, 3.05) is 13.2 Å². The highest BCUT2D eigenvalue weighted by molar-refractivity contribution is 6.61. The van der Waals surface area contributed by atoms with Crippen LogP contribution in [0.4, 0.5) is 4.79 Å². The number of carbonyl (C=O) groups excluding carboxylic acids is 2. The summed E-state index contributed by atoms with van der Waals surface area (Å²) in [6.45, 7) is 18.4. The molecule has 39 heavy (non-hydrogen) atoms. The van der Waals surface area contributed by atoms with E-state index in [0.29, 0.717) is 19.2 Å². The summed E-state index contributed by atoms with van der Waals surface area (Å²) in [6, 6.07) is -0.232. The fourth-order valence-corrected chi connectivity index (χ4v) is 4.70. The zero-order chi connectivity index (χ0) is 29.0. The Labute approximate surface area is 234 Å². The molecule has 2 aliphatic heterocycles. The number of nitrogens with zero attached hydrogens (tertiary/aromatic N) is 3. The van der Waals surface area contributed by atoms with Crippen molar-refractivity contribution in [3.05, 3.63) is 12.4 Å². The van der Waals surface area contributed by atoms with Gasteiger partial charge in [-0.3, -0.25) is 4.79 Å². The average molecular weight is 547 g/mol.